The summed E-state index contributed by atoms with van der Waals surface area (Å²) in [7, 11) is -2.05. The van der Waals surface area contributed by atoms with Crippen molar-refractivity contribution in [3.63, 3.8) is 0 Å². The van der Waals surface area contributed by atoms with Crippen molar-refractivity contribution in [2.75, 3.05) is 13.7 Å². The zero-order valence-electron chi connectivity index (χ0n) is 11.8. The van der Waals surface area contributed by atoms with Gasteiger partial charge in [0.05, 0.1) is 17.1 Å². The van der Waals surface area contributed by atoms with Crippen molar-refractivity contribution in [1.82, 2.24) is 9.29 Å². The van der Waals surface area contributed by atoms with Gasteiger partial charge in [-0.25, -0.2) is 13.1 Å². The minimum Gasteiger partial charge on any atom is -0.390 e. The number of aryl methyl sites for hydroxylation is 1. The number of aromatic nitrogens is 1. The number of aliphatic hydroxyl groups is 1. The first-order valence-electron chi connectivity index (χ1n) is 6.10. The number of ether oxygens (including phenoxy) is 1. The van der Waals surface area contributed by atoms with Crippen LogP contribution in [0.1, 0.15) is 26.5 Å². The van der Waals surface area contributed by atoms with E-state index in [4.69, 9.17) is 9.84 Å². The van der Waals surface area contributed by atoms with Crippen LogP contribution in [0, 0.1) is 0 Å². The first kappa shape index (κ1) is 16.2. The molecule has 0 radical (unpaired) electrons. The minimum atomic E-state index is -3.59. The van der Waals surface area contributed by atoms with Crippen LogP contribution in [-0.2, 0) is 27.9 Å². The third kappa shape index (κ3) is 4.04. The Hall–Kier alpha value is -0.890. The molecule has 0 aromatic carbocycles. The topological polar surface area (TPSA) is 80.6 Å². The number of sulfonamides is 1. The highest BCUT2D eigenvalue weighted by Crippen LogP contribution is 2.15. The van der Waals surface area contributed by atoms with Crippen LogP contribution in [0.2, 0.25) is 0 Å². The molecule has 7 heteroatoms. The van der Waals surface area contributed by atoms with Gasteiger partial charge >= 0.3 is 0 Å². The summed E-state index contributed by atoms with van der Waals surface area (Å²) < 4.78 is 33.6. The molecule has 1 aromatic heterocycles. The van der Waals surface area contributed by atoms with Gasteiger partial charge in [0.15, 0.2) is 0 Å². The predicted molar refractivity (Wildman–Crippen MR) is 72.3 cm³/mol. The maximum atomic E-state index is 12.1. The van der Waals surface area contributed by atoms with Crippen molar-refractivity contribution in [3.8, 4) is 0 Å². The molecule has 0 aliphatic heterocycles. The lowest BCUT2D eigenvalue weighted by Gasteiger charge is -2.22. The van der Waals surface area contributed by atoms with Crippen LogP contribution in [-0.4, -0.2) is 37.3 Å². The lowest BCUT2D eigenvalue weighted by atomic mass is 10.1. The maximum Gasteiger partial charge on any atom is 0.242 e. The smallest absolute Gasteiger partial charge is 0.242 e. The van der Waals surface area contributed by atoms with E-state index in [1.54, 1.807) is 18.4 Å². The lowest BCUT2D eigenvalue weighted by Crippen LogP contribution is -2.39. The van der Waals surface area contributed by atoms with E-state index in [1.165, 1.54) is 19.4 Å². The van der Waals surface area contributed by atoms with E-state index < -0.39 is 15.6 Å². The largest absolute Gasteiger partial charge is 0.390 e. The molecule has 1 rings (SSSR count). The molecule has 0 atom stereocenters. The van der Waals surface area contributed by atoms with Crippen LogP contribution >= 0.6 is 0 Å². The Morgan fingerprint density at radius 1 is 1.47 bits per heavy atom. The highest BCUT2D eigenvalue weighted by atomic mass is 32.2. The fraction of sp³-hybridized carbons (Fsp3) is 0.667. The van der Waals surface area contributed by atoms with Crippen LogP contribution in [0.4, 0.5) is 0 Å². The van der Waals surface area contributed by atoms with Crippen LogP contribution in [0.25, 0.3) is 0 Å². The van der Waals surface area contributed by atoms with E-state index in [-0.39, 0.29) is 18.0 Å². The fourth-order valence-corrected chi connectivity index (χ4v) is 2.78. The summed E-state index contributed by atoms with van der Waals surface area (Å²) in [4.78, 5) is 0.158. The number of hydrogen-bond donors (Lipinski definition) is 2. The zero-order valence-corrected chi connectivity index (χ0v) is 12.6. The zero-order chi connectivity index (χ0) is 14.7. The van der Waals surface area contributed by atoms with E-state index >= 15 is 0 Å². The summed E-state index contributed by atoms with van der Waals surface area (Å²) in [6, 6.07) is 1.48. The van der Waals surface area contributed by atoms with Gasteiger partial charge in [-0.15, -0.1) is 0 Å². The standard InChI is InChI=1S/C12H22N2O4S/c1-5-14-7-11(6-10(14)8-15)19(16,17)13-9-12(2,3)18-4/h6-7,13,15H,5,8-9H2,1-4H3. The molecular weight excluding hydrogens is 268 g/mol. The summed E-state index contributed by atoms with van der Waals surface area (Å²) in [6.07, 6.45) is 1.52. The van der Waals surface area contributed by atoms with Gasteiger partial charge in [0.25, 0.3) is 0 Å². The molecule has 110 valence electrons. The average molecular weight is 290 g/mol. The second-order valence-corrected chi connectivity index (χ2v) is 6.67. The Morgan fingerprint density at radius 2 is 2.11 bits per heavy atom. The van der Waals surface area contributed by atoms with E-state index in [9.17, 15) is 8.42 Å². The molecule has 0 unspecified atom stereocenters. The molecule has 0 bridgehead atoms. The van der Waals surface area contributed by atoms with Crippen molar-refractivity contribution in [3.05, 3.63) is 18.0 Å². The summed E-state index contributed by atoms with van der Waals surface area (Å²) in [5, 5.41) is 9.17. The maximum absolute atomic E-state index is 12.1. The molecule has 0 aliphatic rings. The first-order chi connectivity index (χ1) is 8.75. The summed E-state index contributed by atoms with van der Waals surface area (Å²) >= 11 is 0. The molecule has 0 saturated heterocycles. The lowest BCUT2D eigenvalue weighted by molar-refractivity contribution is 0.0276. The summed E-state index contributed by atoms with van der Waals surface area (Å²) in [5.41, 5.74) is 0.00842. The second kappa shape index (κ2) is 6.04. The third-order valence-corrected chi connectivity index (χ3v) is 4.38. The SMILES string of the molecule is CCn1cc(S(=O)(=O)NCC(C)(C)OC)cc1CO. The van der Waals surface area contributed by atoms with E-state index in [0.29, 0.717) is 12.2 Å². The molecule has 0 aliphatic carbocycles. The van der Waals surface area contributed by atoms with Crippen molar-refractivity contribution < 1.29 is 18.3 Å². The molecular formula is C12H22N2O4S. The molecule has 2 N–H and O–H groups in total. The van der Waals surface area contributed by atoms with Crippen LogP contribution in [0.5, 0.6) is 0 Å². The second-order valence-electron chi connectivity index (χ2n) is 4.90. The first-order valence-corrected chi connectivity index (χ1v) is 7.59. The molecule has 6 nitrogen and oxygen atoms in total. The van der Waals surface area contributed by atoms with E-state index in [0.717, 1.165) is 0 Å². The van der Waals surface area contributed by atoms with Crippen molar-refractivity contribution >= 4 is 10.0 Å². The van der Waals surface area contributed by atoms with E-state index in [2.05, 4.69) is 4.72 Å². The van der Waals surface area contributed by atoms with Crippen LogP contribution in [0.3, 0.4) is 0 Å². The fourth-order valence-electron chi connectivity index (χ4n) is 1.52. The van der Waals surface area contributed by atoms with Crippen molar-refractivity contribution in [2.24, 2.45) is 0 Å². The number of methoxy groups -OCH3 is 1. The van der Waals surface area contributed by atoms with Crippen molar-refractivity contribution in [1.29, 1.82) is 0 Å². The Labute approximate surface area is 114 Å². The third-order valence-electron chi connectivity index (χ3n) is 3.01. The molecule has 0 spiro atoms. The number of nitrogens with one attached hydrogen (secondary N) is 1. The highest BCUT2D eigenvalue weighted by molar-refractivity contribution is 7.89. The molecule has 0 fully saturated rings. The van der Waals surface area contributed by atoms with Crippen LogP contribution in [0.15, 0.2) is 17.2 Å². The van der Waals surface area contributed by atoms with Gasteiger partial charge < -0.3 is 14.4 Å². The predicted octanol–water partition coefficient (Wildman–Crippen LogP) is 0.704. The monoisotopic (exact) mass is 290 g/mol. The minimum absolute atomic E-state index is 0.158. The van der Waals surface area contributed by atoms with Gasteiger partial charge in [0.2, 0.25) is 10.0 Å². The molecule has 0 saturated carbocycles. The van der Waals surface area contributed by atoms with Gasteiger partial charge in [0, 0.05) is 32.1 Å². The Kier molecular flexibility index (Phi) is 5.14. The molecule has 0 amide bonds. The number of rotatable bonds is 7. The van der Waals surface area contributed by atoms with E-state index in [1.807, 2.05) is 6.92 Å². The molecule has 1 aromatic rings. The Bertz CT molecular complexity index is 498. The van der Waals surface area contributed by atoms with Gasteiger partial charge in [-0.3, -0.25) is 0 Å². The summed E-state index contributed by atoms with van der Waals surface area (Å²) in [6.45, 7) is 6.08. The Morgan fingerprint density at radius 3 is 2.53 bits per heavy atom. The quantitative estimate of drug-likeness (QED) is 0.775. The molecule has 1 heterocycles. The highest BCUT2D eigenvalue weighted by Gasteiger charge is 2.23. The van der Waals surface area contributed by atoms with Crippen LogP contribution < -0.4 is 4.72 Å². The van der Waals surface area contributed by atoms with Gasteiger partial charge in [0.1, 0.15) is 0 Å². The Balaban J connectivity index is 2.92. The number of nitrogens with zero attached hydrogens (tertiary/aromatic N) is 1. The average Bonchev–Trinajstić information content (AvgIpc) is 2.80. The normalized spacial score (nSPS) is 12.9. The number of aliphatic hydroxyl groups excluding tert-OH is 1. The summed E-state index contributed by atoms with van der Waals surface area (Å²) in [5.74, 6) is 0. The molecule has 19 heavy (non-hydrogen) atoms. The number of hydrogen-bond acceptors (Lipinski definition) is 4. The van der Waals surface area contributed by atoms with Gasteiger partial charge in [-0.1, -0.05) is 0 Å². The van der Waals surface area contributed by atoms with Gasteiger partial charge in [-0.05, 0) is 26.8 Å². The van der Waals surface area contributed by atoms with Gasteiger partial charge in [-0.2, -0.15) is 0 Å². The van der Waals surface area contributed by atoms with Crippen molar-refractivity contribution in [2.45, 2.75) is 44.4 Å².